The molecule has 1 fully saturated rings. The number of nitrogens with one attached hydrogen (secondary N) is 1. The fourth-order valence-corrected chi connectivity index (χ4v) is 8.24. The van der Waals surface area contributed by atoms with Crippen LogP contribution in [0.5, 0.6) is 0 Å². The van der Waals surface area contributed by atoms with Crippen molar-refractivity contribution < 1.29 is 46.2 Å². The monoisotopic (exact) mass is 1050 g/mol. The normalized spacial score (nSPS) is 14.5. The summed E-state index contributed by atoms with van der Waals surface area (Å²) in [7, 11) is 3.04. The molecular formula is C48H46ClF4N11O10. The second-order valence-corrected chi connectivity index (χ2v) is 16.9. The van der Waals surface area contributed by atoms with E-state index < -0.39 is 87.7 Å². The molecule has 74 heavy (non-hydrogen) atoms. The molecule has 1 saturated heterocycles. The number of ether oxygens (including phenoxy) is 3. The molecule has 26 heteroatoms. The molecule has 0 saturated carbocycles. The lowest BCUT2D eigenvalue weighted by Gasteiger charge is -2.38. The molecule has 3 N–H and O–H groups in total. The highest BCUT2D eigenvalue weighted by atomic mass is 35.5. The van der Waals surface area contributed by atoms with Crippen molar-refractivity contribution in [1.82, 2.24) is 43.5 Å². The number of fused-ring (bicyclic) bond motifs is 2. The van der Waals surface area contributed by atoms with Gasteiger partial charge in [0.15, 0.2) is 0 Å². The van der Waals surface area contributed by atoms with Crippen molar-refractivity contribution in [2.75, 3.05) is 37.9 Å². The average molecular weight is 1050 g/mol. The van der Waals surface area contributed by atoms with Crippen molar-refractivity contribution >= 4 is 56.9 Å². The van der Waals surface area contributed by atoms with Gasteiger partial charge in [-0.05, 0) is 67.8 Å². The van der Waals surface area contributed by atoms with Gasteiger partial charge in [0.25, 0.3) is 17.0 Å². The molecule has 0 unspecified atom stereocenters. The third kappa shape index (κ3) is 11.4. The van der Waals surface area contributed by atoms with Gasteiger partial charge in [0.2, 0.25) is 0 Å². The van der Waals surface area contributed by atoms with Crippen LogP contribution in [0.3, 0.4) is 0 Å². The number of nitrogens with zero attached hydrogens (tertiary/aromatic N) is 9. The highest BCUT2D eigenvalue weighted by molar-refractivity contribution is 6.34. The zero-order chi connectivity index (χ0) is 53.6. The van der Waals surface area contributed by atoms with E-state index in [1.165, 1.54) is 71.6 Å². The first-order valence-electron chi connectivity index (χ1n) is 22.6. The fraction of sp³-hybridized carbons (Fsp3) is 0.312. The number of anilines is 1. The van der Waals surface area contributed by atoms with Crippen molar-refractivity contribution in [1.29, 1.82) is 0 Å². The molecule has 3 atom stereocenters. The minimum atomic E-state index is -4.67. The summed E-state index contributed by atoms with van der Waals surface area (Å²) in [6.07, 6.45) is 3.91. The summed E-state index contributed by atoms with van der Waals surface area (Å²) in [6, 6.07) is 6.69. The molecular weight excluding hydrogens is 1000 g/mol. The number of esters is 2. The quantitative estimate of drug-likeness (QED) is 0.124. The number of morpholine rings is 1. The first kappa shape index (κ1) is 53.6. The smallest absolute Gasteiger partial charge is 0.411 e. The summed E-state index contributed by atoms with van der Waals surface area (Å²) in [5.74, 6) is -3.49. The van der Waals surface area contributed by atoms with Crippen LogP contribution >= 0.6 is 11.6 Å². The van der Waals surface area contributed by atoms with Crippen LogP contribution in [0.1, 0.15) is 35.3 Å². The molecule has 7 heterocycles. The molecule has 0 spiro atoms. The number of alkyl halides is 3. The Labute approximate surface area is 420 Å². The third-order valence-corrected chi connectivity index (χ3v) is 12.0. The van der Waals surface area contributed by atoms with E-state index in [0.717, 1.165) is 26.2 Å². The van der Waals surface area contributed by atoms with Crippen LogP contribution in [0.4, 0.5) is 23.2 Å². The highest BCUT2D eigenvalue weighted by Crippen LogP contribution is 2.34. The topological polar surface area (TPSA) is 260 Å². The van der Waals surface area contributed by atoms with E-state index in [1.54, 1.807) is 39.1 Å². The number of nitrogens with two attached hydrogens (primary N) is 1. The molecule has 388 valence electrons. The Morgan fingerprint density at radius 3 is 1.81 bits per heavy atom. The first-order chi connectivity index (χ1) is 35.2. The third-order valence-electron chi connectivity index (χ3n) is 11.7. The summed E-state index contributed by atoms with van der Waals surface area (Å²) in [5, 5.41) is 2.50. The van der Waals surface area contributed by atoms with Crippen LogP contribution in [0.25, 0.3) is 33.4 Å². The van der Waals surface area contributed by atoms with Gasteiger partial charge in [-0.1, -0.05) is 23.7 Å². The van der Waals surface area contributed by atoms with E-state index in [1.807, 2.05) is 0 Å². The number of pyridine rings is 4. The summed E-state index contributed by atoms with van der Waals surface area (Å²) in [5.41, 5.74) is 4.48. The second kappa shape index (κ2) is 22.7. The number of rotatable bonds is 13. The molecule has 6 aromatic heterocycles. The zero-order valence-electron chi connectivity index (χ0n) is 39.8. The summed E-state index contributed by atoms with van der Waals surface area (Å²) < 4.78 is 75.4. The number of amides is 1. The Balaban J connectivity index is 0.000000251. The Kier molecular flexibility index (Phi) is 16.5. The zero-order valence-corrected chi connectivity index (χ0v) is 40.6. The average Bonchev–Trinajstić information content (AvgIpc) is 3.38. The van der Waals surface area contributed by atoms with Crippen LogP contribution in [0.2, 0.25) is 5.02 Å². The molecule has 7 aromatic rings. The summed E-state index contributed by atoms with van der Waals surface area (Å²) in [4.78, 5) is 106. The number of carbonyl (C=O) groups is 3. The molecule has 1 aliphatic rings. The number of benzene rings is 1. The molecule has 1 aliphatic heterocycles. The number of hydrogen-bond donors (Lipinski definition) is 2. The van der Waals surface area contributed by atoms with Gasteiger partial charge in [-0.3, -0.25) is 38.3 Å². The number of halogens is 5. The van der Waals surface area contributed by atoms with E-state index in [9.17, 15) is 46.7 Å². The van der Waals surface area contributed by atoms with E-state index in [2.05, 4.69) is 25.3 Å². The number of aromatic nitrogens is 8. The fourth-order valence-electron chi connectivity index (χ4n) is 7.95. The molecule has 8 rings (SSSR count). The summed E-state index contributed by atoms with van der Waals surface area (Å²) >= 11 is 6.22. The lowest BCUT2D eigenvalue weighted by molar-refractivity contribution is -0.167. The lowest BCUT2D eigenvalue weighted by atomic mass is 10.1. The Morgan fingerprint density at radius 2 is 1.32 bits per heavy atom. The van der Waals surface area contributed by atoms with E-state index in [0.29, 0.717) is 27.5 Å². The van der Waals surface area contributed by atoms with Gasteiger partial charge >= 0.3 is 29.5 Å². The minimum Gasteiger partial charge on any atom is -0.465 e. The van der Waals surface area contributed by atoms with E-state index in [4.69, 9.17) is 31.5 Å². The SMILES string of the molecule is CCOC(=O)[C@@H](N)Cc1ccc(-n2c(=O)c3ccncc3n(C)c2=O)nc1.CCOC(=O)[C@H](Cc1ccc(-n2c(=O)c3ccncc3n(C)c2=O)nc1)NC(=O)c1c(F)cc(N2CCOC[C@@H]2C(F)(F)F)cc1Cl. The van der Waals surface area contributed by atoms with E-state index >= 15 is 4.39 Å². The van der Waals surface area contributed by atoms with Gasteiger partial charge in [-0.2, -0.15) is 13.2 Å². The predicted molar refractivity (Wildman–Crippen MR) is 260 cm³/mol. The minimum absolute atomic E-state index is 0.00300. The molecule has 1 amide bonds. The largest absolute Gasteiger partial charge is 0.465 e. The standard InChI is InChI=1S/C30H27ClF4N6O6.C18H19N5O4/c1-3-47-28(44)21(10-16-4-5-24(37-13-16)41-27(43)18-6-7-36-14-22(18)39(2)29(41)45)38-26(42)25-19(31)11-17(12-20(25)32)40-8-9-46-15-23(40)30(33,34)35;1-3-27-17(25)13(19)8-11-4-5-15(21-9-11)23-16(24)12-6-7-20-10-14(12)22(2)18(23)26/h4-7,11-14,21,23H,3,8-10,15H2,1-2H3,(H,38,42);4-7,9-10,13H,3,8,19H2,1-2H3/t21-,23+;13-/m00/s1. The van der Waals surface area contributed by atoms with Crippen molar-refractivity contribution in [2.45, 2.75) is 51.0 Å². The predicted octanol–water partition coefficient (Wildman–Crippen LogP) is 2.86. The summed E-state index contributed by atoms with van der Waals surface area (Å²) in [6.45, 7) is 2.58. The Morgan fingerprint density at radius 1 is 0.797 bits per heavy atom. The number of aryl methyl sites for hydroxylation is 2. The number of carbonyl (C=O) groups excluding carboxylic acids is 3. The maximum atomic E-state index is 15.3. The lowest BCUT2D eigenvalue weighted by Crippen LogP contribution is -2.53. The van der Waals surface area contributed by atoms with Crippen LogP contribution in [-0.4, -0.2) is 113 Å². The van der Waals surface area contributed by atoms with Crippen molar-refractivity contribution in [3.05, 3.63) is 155 Å². The molecule has 21 nitrogen and oxygen atoms in total. The molecule has 0 radical (unpaired) electrons. The van der Waals surface area contributed by atoms with Gasteiger partial charge in [0, 0.05) is 57.5 Å². The van der Waals surface area contributed by atoms with Crippen LogP contribution in [0.15, 0.2) is 105 Å². The van der Waals surface area contributed by atoms with Crippen molar-refractivity contribution in [3.63, 3.8) is 0 Å². The van der Waals surface area contributed by atoms with Gasteiger partial charge in [-0.15, -0.1) is 0 Å². The van der Waals surface area contributed by atoms with Gasteiger partial charge in [0.05, 0.1) is 71.2 Å². The van der Waals surface area contributed by atoms with Crippen LogP contribution < -0.4 is 38.4 Å². The molecule has 0 aliphatic carbocycles. The van der Waals surface area contributed by atoms with Crippen molar-refractivity contribution in [3.8, 4) is 11.6 Å². The maximum absolute atomic E-state index is 15.3. The number of hydrogen-bond acceptors (Lipinski definition) is 16. The van der Waals surface area contributed by atoms with Crippen LogP contribution in [-0.2, 0) is 50.7 Å². The Bertz CT molecular complexity index is 3470. The van der Waals surface area contributed by atoms with Gasteiger partial charge in [-0.25, -0.2) is 37.9 Å². The van der Waals surface area contributed by atoms with Crippen LogP contribution in [0, 0.1) is 5.82 Å². The Hall–Kier alpha value is -8.16. The first-order valence-corrected chi connectivity index (χ1v) is 22.9. The molecule has 1 aromatic carbocycles. The van der Waals surface area contributed by atoms with E-state index in [-0.39, 0.29) is 61.9 Å². The van der Waals surface area contributed by atoms with Gasteiger partial charge < -0.3 is 30.2 Å². The van der Waals surface area contributed by atoms with Gasteiger partial charge in [0.1, 0.15) is 35.6 Å². The second-order valence-electron chi connectivity index (χ2n) is 16.5. The maximum Gasteiger partial charge on any atom is 0.411 e. The molecule has 0 bridgehead atoms. The highest BCUT2D eigenvalue weighted by Gasteiger charge is 2.46. The van der Waals surface area contributed by atoms with Crippen molar-refractivity contribution in [2.24, 2.45) is 19.8 Å².